The lowest BCUT2D eigenvalue weighted by Crippen LogP contribution is -1.79. The van der Waals surface area contributed by atoms with Gasteiger partial charge in [0.15, 0.2) is 0 Å². The van der Waals surface area contributed by atoms with Gasteiger partial charge in [0.2, 0.25) is 0 Å². The molecule has 0 aromatic heterocycles. The average molecular weight is 287 g/mol. The van der Waals surface area contributed by atoms with Crippen molar-refractivity contribution in [2.24, 2.45) is 0 Å². The molecule has 0 fully saturated rings. The summed E-state index contributed by atoms with van der Waals surface area (Å²) in [6.07, 6.45) is 0. The number of rotatable bonds is 1. The molecule has 0 aliphatic rings. The van der Waals surface area contributed by atoms with Crippen molar-refractivity contribution in [3.8, 4) is 0 Å². The minimum atomic E-state index is 0.482. The third kappa shape index (κ3) is 2.01. The lowest BCUT2D eigenvalue weighted by Gasteiger charge is -1.98. The van der Waals surface area contributed by atoms with Crippen LogP contribution in [0.5, 0.6) is 0 Å². The maximum Gasteiger partial charge on any atom is 0.0488 e. The predicted octanol–water partition coefficient (Wildman–Crippen LogP) is 3.68. The highest BCUT2D eigenvalue weighted by Gasteiger charge is 1.97. The third-order valence-corrected chi connectivity index (χ3v) is 2.47. The number of halogens is 3. The second-order valence-corrected chi connectivity index (χ2v) is 3.79. The molecule has 3 heteroatoms. The van der Waals surface area contributed by atoms with Gasteiger partial charge in [-0.25, -0.2) is 0 Å². The van der Waals surface area contributed by atoms with E-state index in [1.54, 1.807) is 0 Å². The molecule has 0 saturated carbocycles. The fraction of sp³-hybridized carbons (Fsp3) is 0.143. The molecule has 0 aliphatic heterocycles. The molecule has 0 N–H and O–H groups in total. The maximum atomic E-state index is 5.84. The van der Waals surface area contributed by atoms with Gasteiger partial charge in [0.25, 0.3) is 0 Å². The van der Waals surface area contributed by atoms with Crippen LogP contribution in [-0.4, -0.2) is 0 Å². The first kappa shape index (κ1) is 8.62. The zero-order valence-electron chi connectivity index (χ0n) is 5.07. The van der Waals surface area contributed by atoms with Gasteiger partial charge in [-0.3, -0.25) is 0 Å². The number of hydrogen-bond acceptors (Lipinski definition) is 0. The molecule has 0 aliphatic carbocycles. The van der Waals surface area contributed by atoms with E-state index in [2.05, 4.69) is 22.6 Å². The van der Waals surface area contributed by atoms with Gasteiger partial charge >= 0.3 is 0 Å². The summed E-state index contributed by atoms with van der Waals surface area (Å²) in [5, 5.41) is 0.752. The van der Waals surface area contributed by atoms with E-state index < -0.39 is 0 Å². The van der Waals surface area contributed by atoms with Crippen molar-refractivity contribution < 1.29 is 0 Å². The molecule has 0 atom stereocenters. The summed E-state index contributed by atoms with van der Waals surface area (Å²) in [5.74, 6) is 0.482. The Morgan fingerprint density at radius 1 is 1.40 bits per heavy atom. The Balaban J connectivity index is 3.07. The Labute approximate surface area is 83.7 Å². The summed E-state index contributed by atoms with van der Waals surface area (Å²) in [6, 6.07) is 5.83. The molecule has 54 valence electrons. The van der Waals surface area contributed by atoms with Gasteiger partial charge in [0.1, 0.15) is 0 Å². The fourth-order valence-electron chi connectivity index (χ4n) is 0.630. The van der Waals surface area contributed by atoms with Crippen LogP contribution in [-0.2, 0) is 5.88 Å². The van der Waals surface area contributed by atoms with Gasteiger partial charge in [-0.15, -0.1) is 11.6 Å². The van der Waals surface area contributed by atoms with Crippen LogP contribution >= 0.6 is 45.8 Å². The second kappa shape index (κ2) is 3.79. The Hall–Kier alpha value is 0.530. The first-order chi connectivity index (χ1) is 4.74. The fourth-order valence-corrected chi connectivity index (χ4v) is 1.85. The maximum absolute atomic E-state index is 5.84. The zero-order chi connectivity index (χ0) is 7.56. The van der Waals surface area contributed by atoms with Crippen LogP contribution in [0.15, 0.2) is 18.2 Å². The van der Waals surface area contributed by atoms with Crippen LogP contribution in [0.2, 0.25) is 5.02 Å². The molecule has 0 amide bonds. The highest BCUT2D eigenvalue weighted by Crippen LogP contribution is 2.20. The van der Waals surface area contributed by atoms with Gasteiger partial charge < -0.3 is 0 Å². The highest BCUT2D eigenvalue weighted by atomic mass is 127. The largest absolute Gasteiger partial charge is 0.121 e. The van der Waals surface area contributed by atoms with Crippen LogP contribution in [0.4, 0.5) is 0 Å². The van der Waals surface area contributed by atoms with E-state index in [1.165, 1.54) is 0 Å². The van der Waals surface area contributed by atoms with E-state index in [0.717, 1.165) is 14.2 Å². The van der Waals surface area contributed by atoms with Crippen molar-refractivity contribution in [1.82, 2.24) is 0 Å². The number of benzene rings is 1. The number of hydrogen-bond donors (Lipinski definition) is 0. The first-order valence-electron chi connectivity index (χ1n) is 2.74. The molecule has 0 bridgehead atoms. The van der Waals surface area contributed by atoms with Gasteiger partial charge in [-0.1, -0.05) is 17.7 Å². The van der Waals surface area contributed by atoms with Crippen LogP contribution in [0.25, 0.3) is 0 Å². The van der Waals surface area contributed by atoms with E-state index >= 15 is 0 Å². The van der Waals surface area contributed by atoms with Crippen LogP contribution < -0.4 is 0 Å². The molecule has 10 heavy (non-hydrogen) atoms. The van der Waals surface area contributed by atoms with Crippen molar-refractivity contribution in [1.29, 1.82) is 0 Å². The van der Waals surface area contributed by atoms with E-state index in [4.69, 9.17) is 23.2 Å². The molecule has 1 rings (SSSR count). The topological polar surface area (TPSA) is 0 Å². The van der Waals surface area contributed by atoms with Gasteiger partial charge in [-0.05, 0) is 40.3 Å². The Kier molecular flexibility index (Phi) is 3.27. The molecule has 0 saturated heterocycles. The lowest BCUT2D eigenvalue weighted by atomic mass is 10.2. The zero-order valence-corrected chi connectivity index (χ0v) is 8.74. The van der Waals surface area contributed by atoms with Crippen LogP contribution in [0, 0.1) is 3.57 Å². The number of alkyl halides is 1. The first-order valence-corrected chi connectivity index (χ1v) is 4.73. The molecular weight excluding hydrogens is 282 g/mol. The smallest absolute Gasteiger partial charge is 0.0488 e. The van der Waals surface area contributed by atoms with E-state index in [-0.39, 0.29) is 0 Å². The van der Waals surface area contributed by atoms with Crippen LogP contribution in [0.1, 0.15) is 5.56 Å². The summed E-state index contributed by atoms with van der Waals surface area (Å²) in [6.45, 7) is 0. The molecule has 0 spiro atoms. The summed E-state index contributed by atoms with van der Waals surface area (Å²) in [5.41, 5.74) is 0.990. The molecule has 0 unspecified atom stereocenters. The summed E-state index contributed by atoms with van der Waals surface area (Å²) in [7, 11) is 0. The Morgan fingerprint density at radius 2 is 2.10 bits per heavy atom. The minimum absolute atomic E-state index is 0.482. The van der Waals surface area contributed by atoms with Gasteiger partial charge in [-0.2, -0.15) is 0 Å². The molecule has 1 aromatic carbocycles. The van der Waals surface area contributed by atoms with Crippen molar-refractivity contribution in [3.05, 3.63) is 32.4 Å². The molecular formula is C7H5Cl2I. The van der Waals surface area contributed by atoms with Gasteiger partial charge in [0.05, 0.1) is 0 Å². The summed E-state index contributed by atoms with van der Waals surface area (Å²) in [4.78, 5) is 0. The predicted molar refractivity (Wildman–Crippen MR) is 53.7 cm³/mol. The minimum Gasteiger partial charge on any atom is -0.121 e. The van der Waals surface area contributed by atoms with E-state index in [0.29, 0.717) is 5.88 Å². The van der Waals surface area contributed by atoms with Gasteiger partial charge in [0, 0.05) is 14.5 Å². The van der Waals surface area contributed by atoms with Crippen molar-refractivity contribution in [2.75, 3.05) is 0 Å². The standard InChI is InChI=1S/C7H5Cl2I/c8-4-5-1-2-6(10)3-7(5)9/h1-3H,4H2. The van der Waals surface area contributed by atoms with Crippen molar-refractivity contribution in [3.63, 3.8) is 0 Å². The van der Waals surface area contributed by atoms with Crippen molar-refractivity contribution in [2.45, 2.75) is 5.88 Å². The molecule has 0 heterocycles. The van der Waals surface area contributed by atoms with E-state index in [9.17, 15) is 0 Å². The average Bonchev–Trinajstić information content (AvgIpc) is 1.88. The summed E-state index contributed by atoms with van der Waals surface area (Å²) < 4.78 is 1.14. The van der Waals surface area contributed by atoms with E-state index in [1.807, 2.05) is 18.2 Å². The normalized spacial score (nSPS) is 9.90. The highest BCUT2D eigenvalue weighted by molar-refractivity contribution is 14.1. The Bertz CT molecular complexity index is 235. The Morgan fingerprint density at radius 3 is 2.60 bits per heavy atom. The third-order valence-electron chi connectivity index (χ3n) is 1.16. The SMILES string of the molecule is ClCc1ccc(I)cc1Cl. The molecule has 0 nitrogen and oxygen atoms in total. The second-order valence-electron chi connectivity index (χ2n) is 1.87. The summed E-state index contributed by atoms with van der Waals surface area (Å²) >= 11 is 13.6. The monoisotopic (exact) mass is 286 g/mol. The molecule has 0 radical (unpaired) electrons. The lowest BCUT2D eigenvalue weighted by molar-refractivity contribution is 1.39. The quantitative estimate of drug-likeness (QED) is 0.546. The van der Waals surface area contributed by atoms with Crippen LogP contribution in [0.3, 0.4) is 0 Å². The van der Waals surface area contributed by atoms with Crippen molar-refractivity contribution >= 4 is 45.8 Å². The molecule has 1 aromatic rings.